The number of hydrogen-bond acceptors (Lipinski definition) is 5. The molecular weight excluding hydrogens is 439 g/mol. The Labute approximate surface area is 182 Å². The minimum atomic E-state index is -4.07. The minimum absolute atomic E-state index is 0.0188. The van der Waals surface area contributed by atoms with Gasteiger partial charge >= 0.3 is 5.97 Å². The lowest BCUT2D eigenvalue weighted by Gasteiger charge is -2.14. The van der Waals surface area contributed by atoms with Gasteiger partial charge in [0.05, 0.1) is 5.52 Å². The number of fused-ring (bicyclic) bond motifs is 1. The van der Waals surface area contributed by atoms with E-state index in [1.54, 1.807) is 30.5 Å². The van der Waals surface area contributed by atoms with Crippen molar-refractivity contribution in [3.8, 4) is 10.4 Å². The van der Waals surface area contributed by atoms with Crippen molar-refractivity contribution in [1.82, 2.24) is 9.71 Å². The van der Waals surface area contributed by atoms with Crippen LogP contribution in [0, 0.1) is 5.82 Å². The molecule has 0 unspecified atom stereocenters. The van der Waals surface area contributed by atoms with Gasteiger partial charge in [-0.1, -0.05) is 30.3 Å². The van der Waals surface area contributed by atoms with Gasteiger partial charge in [-0.2, -0.15) is 4.72 Å². The molecule has 0 saturated carbocycles. The number of benzene rings is 2. The zero-order chi connectivity index (χ0) is 22.0. The summed E-state index contributed by atoms with van der Waals surface area (Å²) in [5, 5.41) is 10.4. The average molecular weight is 457 g/mol. The lowest BCUT2D eigenvalue weighted by molar-refractivity contribution is -0.138. The lowest BCUT2D eigenvalue weighted by Crippen LogP contribution is -2.42. The van der Waals surface area contributed by atoms with E-state index in [1.807, 2.05) is 24.3 Å². The third kappa shape index (κ3) is 4.79. The summed E-state index contributed by atoms with van der Waals surface area (Å²) < 4.78 is 41.0. The Bertz CT molecular complexity index is 1350. The molecule has 158 valence electrons. The zero-order valence-electron chi connectivity index (χ0n) is 16.0. The lowest BCUT2D eigenvalue weighted by atomic mass is 10.1. The second-order valence-electron chi connectivity index (χ2n) is 6.88. The van der Waals surface area contributed by atoms with Crippen LogP contribution in [0.1, 0.15) is 5.56 Å². The first kappa shape index (κ1) is 21.1. The highest BCUT2D eigenvalue weighted by Gasteiger charge is 2.27. The van der Waals surface area contributed by atoms with Gasteiger partial charge in [0.1, 0.15) is 16.1 Å². The highest BCUT2D eigenvalue weighted by molar-refractivity contribution is 7.91. The number of aliphatic carboxylic acids is 1. The van der Waals surface area contributed by atoms with E-state index in [1.165, 1.54) is 18.2 Å². The molecule has 0 amide bonds. The van der Waals surface area contributed by atoms with E-state index >= 15 is 0 Å². The van der Waals surface area contributed by atoms with Crippen molar-refractivity contribution in [2.45, 2.75) is 16.7 Å². The van der Waals surface area contributed by atoms with Crippen molar-refractivity contribution in [3.63, 3.8) is 0 Å². The Balaban J connectivity index is 1.55. The molecular formula is C22H17FN2O4S2. The molecule has 0 radical (unpaired) electrons. The number of rotatable bonds is 7. The smallest absolute Gasteiger partial charge is 0.322 e. The van der Waals surface area contributed by atoms with Gasteiger partial charge in [-0.15, -0.1) is 11.3 Å². The molecule has 1 atom stereocenters. The maximum atomic E-state index is 13.1. The molecule has 4 aromatic rings. The van der Waals surface area contributed by atoms with Gasteiger partial charge in [0, 0.05) is 22.9 Å². The molecule has 2 N–H and O–H groups in total. The van der Waals surface area contributed by atoms with Gasteiger partial charge in [0.15, 0.2) is 0 Å². The molecule has 9 heteroatoms. The van der Waals surface area contributed by atoms with E-state index in [0.29, 0.717) is 16.0 Å². The van der Waals surface area contributed by atoms with Crippen LogP contribution in [0.3, 0.4) is 0 Å². The van der Waals surface area contributed by atoms with Crippen LogP contribution < -0.4 is 4.72 Å². The number of thiophene rings is 1. The number of sulfonamides is 1. The summed E-state index contributed by atoms with van der Waals surface area (Å²) in [6, 6.07) is 16.5. The largest absolute Gasteiger partial charge is 0.480 e. The van der Waals surface area contributed by atoms with Gasteiger partial charge in [0.25, 0.3) is 10.0 Å². The molecule has 2 aromatic heterocycles. The number of para-hydroxylation sites is 1. The predicted octanol–water partition coefficient (Wildman–Crippen LogP) is 4.08. The molecule has 0 bridgehead atoms. The fraction of sp³-hybridized carbons (Fsp3) is 0.0909. The van der Waals surface area contributed by atoms with Gasteiger partial charge in [-0.25, -0.2) is 12.8 Å². The fourth-order valence-electron chi connectivity index (χ4n) is 3.12. The number of carboxylic acid groups (broad SMARTS) is 1. The number of halogens is 1. The summed E-state index contributed by atoms with van der Waals surface area (Å²) in [7, 11) is -4.07. The van der Waals surface area contributed by atoms with Crippen molar-refractivity contribution < 1.29 is 22.7 Å². The van der Waals surface area contributed by atoms with E-state index in [4.69, 9.17) is 0 Å². The molecule has 0 aliphatic rings. The average Bonchev–Trinajstić information content (AvgIpc) is 3.25. The Kier molecular flexibility index (Phi) is 5.81. The third-order valence-corrected chi connectivity index (χ3v) is 7.76. The zero-order valence-corrected chi connectivity index (χ0v) is 17.7. The summed E-state index contributed by atoms with van der Waals surface area (Å²) >= 11 is 0.982. The van der Waals surface area contributed by atoms with Gasteiger partial charge in [0.2, 0.25) is 0 Å². The first-order chi connectivity index (χ1) is 14.8. The van der Waals surface area contributed by atoms with Crippen LogP contribution in [0.25, 0.3) is 21.3 Å². The molecule has 4 rings (SSSR count). The van der Waals surface area contributed by atoms with Crippen LogP contribution in [0.4, 0.5) is 4.39 Å². The molecule has 6 nitrogen and oxygen atoms in total. The number of carboxylic acids is 1. The van der Waals surface area contributed by atoms with Crippen LogP contribution >= 0.6 is 11.3 Å². The van der Waals surface area contributed by atoms with Gasteiger partial charge < -0.3 is 5.11 Å². The third-order valence-electron chi connectivity index (χ3n) is 4.66. The standard InChI is InChI=1S/C22H17FN2O4S2/c23-17-7-5-15(6-8-17)20-9-10-21(30-20)31(28,29)25-19(22(26)27)12-14-11-16-3-1-2-4-18(16)24-13-14/h1-11,13,19,25H,12H2,(H,26,27)/t19-/m0/s1. The number of hydrogen-bond donors (Lipinski definition) is 2. The van der Waals surface area contributed by atoms with E-state index in [2.05, 4.69) is 9.71 Å². The number of aromatic nitrogens is 1. The molecule has 0 fully saturated rings. The second kappa shape index (κ2) is 8.54. The fourth-order valence-corrected chi connectivity index (χ4v) is 5.64. The van der Waals surface area contributed by atoms with Crippen LogP contribution in [0.2, 0.25) is 0 Å². The Hall–Kier alpha value is -3.14. The Morgan fingerprint density at radius 2 is 1.84 bits per heavy atom. The minimum Gasteiger partial charge on any atom is -0.480 e. The highest BCUT2D eigenvalue weighted by atomic mass is 32.2. The molecule has 0 saturated heterocycles. The molecule has 31 heavy (non-hydrogen) atoms. The highest BCUT2D eigenvalue weighted by Crippen LogP contribution is 2.31. The summed E-state index contributed by atoms with van der Waals surface area (Å²) in [6.45, 7) is 0. The van der Waals surface area contributed by atoms with Crippen molar-refractivity contribution in [2.24, 2.45) is 0 Å². The van der Waals surface area contributed by atoms with Crippen molar-refractivity contribution >= 4 is 38.2 Å². The number of nitrogens with one attached hydrogen (secondary N) is 1. The van der Waals surface area contributed by atoms with Crippen molar-refractivity contribution in [1.29, 1.82) is 0 Å². The normalized spacial score (nSPS) is 12.7. The van der Waals surface area contributed by atoms with Crippen LogP contribution in [-0.4, -0.2) is 30.5 Å². The summed E-state index contributed by atoms with van der Waals surface area (Å²) in [4.78, 5) is 16.7. The van der Waals surface area contributed by atoms with E-state index < -0.39 is 22.0 Å². The topological polar surface area (TPSA) is 96.4 Å². The number of pyridine rings is 1. The second-order valence-corrected chi connectivity index (χ2v) is 9.90. The number of nitrogens with zero attached hydrogens (tertiary/aromatic N) is 1. The van der Waals surface area contributed by atoms with Crippen LogP contribution in [0.15, 0.2) is 77.1 Å². The maximum Gasteiger partial charge on any atom is 0.322 e. The Morgan fingerprint density at radius 1 is 1.10 bits per heavy atom. The van der Waals surface area contributed by atoms with E-state index in [9.17, 15) is 22.7 Å². The summed E-state index contributed by atoms with van der Waals surface area (Å²) in [6.07, 6.45) is 1.49. The van der Waals surface area contributed by atoms with Gasteiger partial charge in [-0.05, 0) is 47.5 Å². The van der Waals surface area contributed by atoms with Gasteiger partial charge in [-0.3, -0.25) is 9.78 Å². The SMILES string of the molecule is O=C(O)[C@H](Cc1cnc2ccccc2c1)NS(=O)(=O)c1ccc(-c2ccc(F)cc2)s1. The van der Waals surface area contributed by atoms with Crippen LogP contribution in [0.5, 0.6) is 0 Å². The summed E-state index contributed by atoms with van der Waals surface area (Å²) in [5.41, 5.74) is 2.04. The quantitative estimate of drug-likeness (QED) is 0.437. The molecule has 2 aromatic carbocycles. The molecule has 0 aliphatic carbocycles. The first-order valence-electron chi connectivity index (χ1n) is 9.26. The Morgan fingerprint density at radius 3 is 2.58 bits per heavy atom. The van der Waals surface area contributed by atoms with Crippen molar-refractivity contribution in [3.05, 3.63) is 84.3 Å². The van der Waals surface area contributed by atoms with Crippen LogP contribution in [-0.2, 0) is 21.2 Å². The monoisotopic (exact) mass is 456 g/mol. The van der Waals surface area contributed by atoms with E-state index in [0.717, 1.165) is 22.2 Å². The summed E-state index contributed by atoms with van der Waals surface area (Å²) in [5.74, 6) is -1.67. The molecule has 2 heterocycles. The molecule has 0 aliphatic heterocycles. The first-order valence-corrected chi connectivity index (χ1v) is 11.6. The van der Waals surface area contributed by atoms with Crippen molar-refractivity contribution in [2.75, 3.05) is 0 Å². The molecule has 0 spiro atoms. The predicted molar refractivity (Wildman–Crippen MR) is 117 cm³/mol. The number of carbonyl (C=O) groups is 1. The maximum absolute atomic E-state index is 13.1. The van der Waals surface area contributed by atoms with E-state index in [-0.39, 0.29) is 16.4 Å².